The Hall–Kier alpha value is -8.26. The van der Waals surface area contributed by atoms with Crippen LogP contribution in [0, 0.1) is 0 Å². The Labute approximate surface area is 364 Å². The van der Waals surface area contributed by atoms with Gasteiger partial charge in [0.05, 0.1) is 22.9 Å². The molecule has 0 amide bonds. The van der Waals surface area contributed by atoms with Gasteiger partial charge in [0.15, 0.2) is 31.1 Å². The fraction of sp³-hybridized carbons (Fsp3) is 0. The molecule has 4 aromatic heterocycles. The largest absolute Gasteiger partial charge is 0.454 e. The lowest BCUT2D eigenvalue weighted by atomic mass is 10.1. The number of hydrogen-bond donors (Lipinski definition) is 0. The van der Waals surface area contributed by atoms with Gasteiger partial charge in [0.25, 0.3) is 0 Å². The number of hydrogen-bond acceptors (Lipinski definition) is 5. The molecule has 0 fully saturated rings. The smallest absolute Gasteiger partial charge is 0.179 e. The molecule has 0 atom stereocenters. The molecule has 0 saturated carbocycles. The highest BCUT2D eigenvalue weighted by molar-refractivity contribution is 7.19. The molecule has 0 radical (unpaired) electrons. The minimum atomic E-state index is -2.87. The minimum absolute atomic E-state index is 0.556. The van der Waals surface area contributed by atoms with Gasteiger partial charge in [0.1, 0.15) is 5.58 Å². The maximum atomic E-state index is 6.34. The van der Waals surface area contributed by atoms with Crippen LogP contribution in [0.2, 0.25) is 0 Å². The van der Waals surface area contributed by atoms with Crippen LogP contribution >= 0.6 is 0 Å². The summed E-state index contributed by atoms with van der Waals surface area (Å²) in [5.74, 6) is 1.71. The van der Waals surface area contributed by atoms with Crippen LogP contribution in [-0.2, 0) is 0 Å². The molecule has 0 aliphatic heterocycles. The molecule has 8 aromatic carbocycles. The Bertz CT molecular complexity index is 3490. The van der Waals surface area contributed by atoms with Crippen molar-refractivity contribution in [3.8, 4) is 39.9 Å². The molecule has 296 valence electrons. The van der Waals surface area contributed by atoms with E-state index in [9.17, 15) is 0 Å². The maximum Gasteiger partial charge on any atom is 0.179 e. The fourth-order valence-corrected chi connectivity index (χ4v) is 14.4. The van der Waals surface area contributed by atoms with Crippen LogP contribution in [-0.4, -0.2) is 32.6 Å². The fourth-order valence-electron chi connectivity index (χ4n) is 9.61. The van der Waals surface area contributed by atoms with Crippen LogP contribution in [0.3, 0.4) is 0 Å². The second-order valence-corrected chi connectivity index (χ2v) is 19.6. The maximum absolute atomic E-state index is 6.34. The number of pyridine rings is 1. The third kappa shape index (κ3) is 5.93. The van der Waals surface area contributed by atoms with E-state index < -0.39 is 8.07 Å². The Morgan fingerprint density at radius 2 is 0.921 bits per heavy atom. The van der Waals surface area contributed by atoms with Crippen molar-refractivity contribution < 1.29 is 4.42 Å². The van der Waals surface area contributed by atoms with Crippen molar-refractivity contribution in [1.29, 1.82) is 0 Å². The minimum Gasteiger partial charge on any atom is -0.454 e. The van der Waals surface area contributed by atoms with E-state index in [1.54, 1.807) is 12.4 Å². The van der Waals surface area contributed by atoms with Gasteiger partial charge in [0, 0.05) is 44.4 Å². The van der Waals surface area contributed by atoms with Crippen LogP contribution in [0.1, 0.15) is 0 Å². The Morgan fingerprint density at radius 3 is 1.59 bits per heavy atom. The molecule has 0 spiro atoms. The van der Waals surface area contributed by atoms with E-state index in [0.29, 0.717) is 23.1 Å². The summed E-state index contributed by atoms with van der Waals surface area (Å²) in [7, 11) is -2.87. The van der Waals surface area contributed by atoms with E-state index >= 15 is 0 Å². The van der Waals surface area contributed by atoms with Crippen LogP contribution < -0.4 is 20.7 Å². The van der Waals surface area contributed by atoms with E-state index in [4.69, 9.17) is 19.4 Å². The van der Waals surface area contributed by atoms with Gasteiger partial charge in [-0.3, -0.25) is 4.98 Å². The van der Waals surface area contributed by atoms with Gasteiger partial charge in [-0.15, -0.1) is 0 Å². The third-order valence-corrected chi connectivity index (χ3v) is 17.1. The topological polar surface area (TPSA) is 69.6 Å². The molecule has 0 aliphatic rings. The standard InChI is InChI=1S/C56H37N5OSi/c1-4-19-39(20-5-1)63(40-21-6-2-7-22-40,41-23-8-3-9-24-41)42-25-16-18-38(36-42)54-58-55(60-56(59-54)47-29-17-33-51-53(47)46-34-35-57-37-52(46)62-51)45-28-12-15-32-50(45)61-48-30-13-10-26-43(48)44-27-11-14-31-49(44)61/h1-37H. The third-order valence-electron chi connectivity index (χ3n) is 12.3. The van der Waals surface area contributed by atoms with Gasteiger partial charge in [-0.25, -0.2) is 15.0 Å². The number of furan rings is 1. The van der Waals surface area contributed by atoms with Gasteiger partial charge in [-0.2, -0.15) is 0 Å². The number of fused-ring (bicyclic) bond motifs is 6. The first-order valence-electron chi connectivity index (χ1n) is 21.1. The molecular formula is C56H37N5OSi. The number of aromatic nitrogens is 5. The van der Waals surface area contributed by atoms with Gasteiger partial charge < -0.3 is 8.98 Å². The molecule has 7 heteroatoms. The van der Waals surface area contributed by atoms with Crippen molar-refractivity contribution in [2.75, 3.05) is 0 Å². The van der Waals surface area contributed by atoms with Crippen molar-refractivity contribution >= 4 is 72.6 Å². The lowest BCUT2D eigenvalue weighted by Gasteiger charge is -2.34. The first kappa shape index (κ1) is 36.6. The van der Waals surface area contributed by atoms with E-state index in [0.717, 1.165) is 49.8 Å². The van der Waals surface area contributed by atoms with Crippen LogP contribution in [0.5, 0.6) is 0 Å². The molecule has 0 N–H and O–H groups in total. The zero-order valence-corrected chi connectivity index (χ0v) is 35.0. The number of benzene rings is 8. The highest BCUT2D eigenvalue weighted by atomic mass is 28.3. The highest BCUT2D eigenvalue weighted by Gasteiger charge is 2.41. The predicted octanol–water partition coefficient (Wildman–Crippen LogP) is 10.6. The quantitative estimate of drug-likeness (QED) is 0.113. The summed E-state index contributed by atoms with van der Waals surface area (Å²) < 4.78 is 8.67. The summed E-state index contributed by atoms with van der Waals surface area (Å²) in [6.45, 7) is 0. The molecule has 0 unspecified atom stereocenters. The molecule has 4 heterocycles. The number of nitrogens with zero attached hydrogens (tertiary/aromatic N) is 5. The summed E-state index contributed by atoms with van der Waals surface area (Å²) in [6.07, 6.45) is 3.56. The van der Waals surface area contributed by atoms with Crippen LogP contribution in [0.4, 0.5) is 0 Å². The number of para-hydroxylation sites is 3. The van der Waals surface area contributed by atoms with Gasteiger partial charge in [-0.05, 0) is 57.1 Å². The Balaban J connectivity index is 1.14. The summed E-state index contributed by atoms with van der Waals surface area (Å²) in [5.41, 5.74) is 7.31. The summed E-state index contributed by atoms with van der Waals surface area (Å²) in [6, 6.07) is 75.5. The first-order chi connectivity index (χ1) is 31.3. The second kappa shape index (κ2) is 15.0. The molecule has 0 bridgehead atoms. The molecule has 63 heavy (non-hydrogen) atoms. The Morgan fingerprint density at radius 1 is 0.397 bits per heavy atom. The van der Waals surface area contributed by atoms with Gasteiger partial charge in [0.2, 0.25) is 0 Å². The van der Waals surface area contributed by atoms with E-state index in [2.05, 4.69) is 204 Å². The van der Waals surface area contributed by atoms with Crippen molar-refractivity contribution in [2.24, 2.45) is 0 Å². The van der Waals surface area contributed by atoms with Crippen molar-refractivity contribution in [2.45, 2.75) is 0 Å². The normalized spacial score (nSPS) is 11.8. The van der Waals surface area contributed by atoms with Gasteiger partial charge >= 0.3 is 0 Å². The molecule has 0 aliphatic carbocycles. The Kier molecular flexibility index (Phi) is 8.72. The highest BCUT2D eigenvalue weighted by Crippen LogP contribution is 2.38. The lowest BCUT2D eigenvalue weighted by molar-refractivity contribution is 0.667. The molecule has 0 saturated heterocycles. The van der Waals surface area contributed by atoms with Crippen LogP contribution in [0.25, 0.3) is 83.6 Å². The van der Waals surface area contributed by atoms with Crippen molar-refractivity contribution in [3.05, 3.63) is 225 Å². The molecule has 12 aromatic rings. The summed E-state index contributed by atoms with van der Waals surface area (Å²) in [5, 5.41) is 9.38. The van der Waals surface area contributed by atoms with Gasteiger partial charge in [-0.1, -0.05) is 176 Å². The average molecular weight is 824 g/mol. The SMILES string of the molecule is c1ccc([Si](c2ccccc2)(c2ccccc2)c2cccc(-c3nc(-c4ccccc4-n4c5ccccc5c5ccccc54)nc(-c4cccc5oc6cnccc6c45)n3)c2)cc1. The van der Waals surface area contributed by atoms with E-state index in [1.807, 2.05) is 18.2 Å². The average Bonchev–Trinajstić information content (AvgIpc) is 3.91. The molecular weight excluding hydrogens is 787 g/mol. The van der Waals surface area contributed by atoms with E-state index in [-0.39, 0.29) is 0 Å². The summed E-state index contributed by atoms with van der Waals surface area (Å²) in [4.78, 5) is 20.6. The second-order valence-electron chi connectivity index (χ2n) is 15.8. The summed E-state index contributed by atoms with van der Waals surface area (Å²) >= 11 is 0. The van der Waals surface area contributed by atoms with E-state index in [1.165, 1.54) is 31.5 Å². The van der Waals surface area contributed by atoms with Crippen LogP contribution in [0.15, 0.2) is 229 Å². The zero-order chi connectivity index (χ0) is 41.7. The first-order valence-corrected chi connectivity index (χ1v) is 23.1. The van der Waals surface area contributed by atoms with Crippen molar-refractivity contribution in [1.82, 2.24) is 24.5 Å². The monoisotopic (exact) mass is 823 g/mol. The predicted molar refractivity (Wildman–Crippen MR) is 259 cm³/mol. The molecule has 6 nitrogen and oxygen atoms in total. The number of rotatable bonds is 8. The molecule has 12 rings (SSSR count). The zero-order valence-electron chi connectivity index (χ0n) is 34.0. The van der Waals surface area contributed by atoms with Crippen molar-refractivity contribution in [3.63, 3.8) is 0 Å². The lowest BCUT2D eigenvalue weighted by Crippen LogP contribution is -2.74.